The summed E-state index contributed by atoms with van der Waals surface area (Å²) in [5.74, 6) is -0.0252. The molecule has 0 unspecified atom stereocenters. The topological polar surface area (TPSA) is 26.3 Å². The Morgan fingerprint density at radius 3 is 2.50 bits per heavy atom. The van der Waals surface area contributed by atoms with E-state index in [1.54, 1.807) is 12.1 Å². The lowest BCUT2D eigenvalue weighted by atomic mass is 10.1. The number of hydrogen-bond donors (Lipinski definition) is 0. The van der Waals surface area contributed by atoms with Gasteiger partial charge < -0.3 is 4.74 Å². The lowest BCUT2D eigenvalue weighted by molar-refractivity contribution is -0.143. The van der Waals surface area contributed by atoms with Crippen molar-refractivity contribution in [2.75, 3.05) is 6.61 Å². The second-order valence-corrected chi connectivity index (χ2v) is 4.21. The van der Waals surface area contributed by atoms with Crippen molar-refractivity contribution < 1.29 is 13.9 Å². The molecule has 0 saturated carbocycles. The molecular weight excluding hydrogens is 207 g/mol. The molecule has 0 aliphatic rings. The van der Waals surface area contributed by atoms with Gasteiger partial charge in [-0.2, -0.15) is 0 Å². The van der Waals surface area contributed by atoms with E-state index in [1.807, 2.05) is 0 Å². The molecule has 1 aromatic rings. The zero-order valence-electron chi connectivity index (χ0n) is 9.70. The van der Waals surface area contributed by atoms with Crippen LogP contribution >= 0.6 is 0 Å². The first-order valence-corrected chi connectivity index (χ1v) is 5.48. The smallest absolute Gasteiger partial charge is 0.310 e. The van der Waals surface area contributed by atoms with Crippen molar-refractivity contribution in [3.63, 3.8) is 0 Å². The molecule has 0 N–H and O–H groups in total. The van der Waals surface area contributed by atoms with Crippen molar-refractivity contribution in [1.82, 2.24) is 0 Å². The van der Waals surface area contributed by atoms with Crippen LogP contribution in [0.1, 0.15) is 25.8 Å². The third-order valence-corrected chi connectivity index (χ3v) is 2.22. The van der Waals surface area contributed by atoms with Gasteiger partial charge >= 0.3 is 5.97 Å². The normalized spacial score (nSPS) is 10.5. The van der Waals surface area contributed by atoms with Crippen LogP contribution in [0.25, 0.3) is 0 Å². The molecule has 0 radical (unpaired) electrons. The molecule has 0 fully saturated rings. The number of hydrogen-bond acceptors (Lipinski definition) is 2. The summed E-state index contributed by atoms with van der Waals surface area (Å²) in [5.41, 5.74) is 0.774. The number of ether oxygens (including phenoxy) is 1. The quantitative estimate of drug-likeness (QED) is 0.719. The van der Waals surface area contributed by atoms with Crippen molar-refractivity contribution in [2.45, 2.75) is 26.7 Å². The Hall–Kier alpha value is -1.38. The van der Waals surface area contributed by atoms with Crippen LogP contribution in [0.3, 0.4) is 0 Å². The third-order valence-electron chi connectivity index (χ3n) is 2.22. The van der Waals surface area contributed by atoms with E-state index in [2.05, 4.69) is 13.8 Å². The molecule has 2 nitrogen and oxygen atoms in total. The summed E-state index contributed by atoms with van der Waals surface area (Å²) in [6.07, 6.45) is 1.08. The minimum absolute atomic E-state index is 0.207. The van der Waals surface area contributed by atoms with E-state index in [9.17, 15) is 9.18 Å². The Morgan fingerprint density at radius 2 is 1.94 bits per heavy atom. The number of benzene rings is 1. The largest absolute Gasteiger partial charge is 0.465 e. The van der Waals surface area contributed by atoms with Crippen LogP contribution in [0.5, 0.6) is 0 Å². The molecule has 0 spiro atoms. The summed E-state index contributed by atoms with van der Waals surface area (Å²) in [6.45, 7) is 4.61. The molecule has 0 aliphatic carbocycles. The summed E-state index contributed by atoms with van der Waals surface area (Å²) in [6, 6.07) is 5.88. The molecule has 88 valence electrons. The van der Waals surface area contributed by atoms with Crippen LogP contribution < -0.4 is 0 Å². The summed E-state index contributed by atoms with van der Waals surface area (Å²) in [7, 11) is 0. The molecule has 0 bridgehead atoms. The van der Waals surface area contributed by atoms with Crippen molar-refractivity contribution in [1.29, 1.82) is 0 Å². The van der Waals surface area contributed by atoms with Gasteiger partial charge in [-0.25, -0.2) is 4.39 Å². The summed E-state index contributed by atoms with van der Waals surface area (Å²) in [4.78, 5) is 11.4. The lowest BCUT2D eigenvalue weighted by Crippen LogP contribution is -2.10. The molecular formula is C13H17FO2. The van der Waals surface area contributed by atoms with Gasteiger partial charge in [0.15, 0.2) is 0 Å². The molecule has 0 atom stereocenters. The van der Waals surface area contributed by atoms with Gasteiger partial charge in [0.05, 0.1) is 13.0 Å². The second-order valence-electron chi connectivity index (χ2n) is 4.21. The van der Waals surface area contributed by atoms with Gasteiger partial charge in [0, 0.05) is 0 Å². The highest BCUT2D eigenvalue weighted by Gasteiger charge is 2.05. The van der Waals surface area contributed by atoms with Gasteiger partial charge in [0.25, 0.3) is 0 Å². The maximum atomic E-state index is 12.6. The third kappa shape index (κ3) is 4.91. The number of rotatable bonds is 5. The standard InChI is InChI=1S/C13H17FO2/c1-10(2)7-8-16-13(15)9-11-3-5-12(14)6-4-11/h3-6,10H,7-9H2,1-2H3. The van der Waals surface area contributed by atoms with Crippen LogP contribution in [0.4, 0.5) is 4.39 Å². The van der Waals surface area contributed by atoms with Crippen LogP contribution in [0, 0.1) is 11.7 Å². The van der Waals surface area contributed by atoms with E-state index >= 15 is 0 Å². The van der Waals surface area contributed by atoms with Gasteiger partial charge in [0.1, 0.15) is 5.82 Å². The van der Waals surface area contributed by atoms with E-state index in [4.69, 9.17) is 4.74 Å². The van der Waals surface area contributed by atoms with Gasteiger partial charge in [-0.05, 0) is 30.0 Å². The van der Waals surface area contributed by atoms with Gasteiger partial charge in [-0.3, -0.25) is 4.79 Å². The van der Waals surface area contributed by atoms with Gasteiger partial charge in [-0.1, -0.05) is 26.0 Å². The van der Waals surface area contributed by atoms with Crippen LogP contribution in [-0.2, 0) is 16.0 Å². The van der Waals surface area contributed by atoms with Crippen molar-refractivity contribution in [3.05, 3.63) is 35.6 Å². The molecule has 1 rings (SSSR count). The zero-order valence-corrected chi connectivity index (χ0v) is 9.70. The molecule has 0 saturated heterocycles. The molecule has 3 heteroatoms. The number of carbonyl (C=O) groups excluding carboxylic acids is 1. The highest BCUT2D eigenvalue weighted by Crippen LogP contribution is 2.05. The van der Waals surface area contributed by atoms with Crippen LogP contribution in [-0.4, -0.2) is 12.6 Å². The predicted octanol–water partition coefficient (Wildman–Crippen LogP) is 2.96. The minimum atomic E-state index is -0.295. The van der Waals surface area contributed by atoms with Crippen molar-refractivity contribution in [2.24, 2.45) is 5.92 Å². The first kappa shape index (κ1) is 12.7. The SMILES string of the molecule is CC(C)CCOC(=O)Cc1ccc(F)cc1. The highest BCUT2D eigenvalue weighted by atomic mass is 19.1. The Morgan fingerprint density at radius 1 is 1.31 bits per heavy atom. The maximum absolute atomic E-state index is 12.6. The summed E-state index contributed by atoms with van der Waals surface area (Å²) >= 11 is 0. The lowest BCUT2D eigenvalue weighted by Gasteiger charge is -2.06. The maximum Gasteiger partial charge on any atom is 0.310 e. The second kappa shape index (κ2) is 6.26. The minimum Gasteiger partial charge on any atom is -0.465 e. The fourth-order valence-electron chi connectivity index (χ4n) is 1.23. The number of carbonyl (C=O) groups is 1. The van der Waals surface area contributed by atoms with E-state index < -0.39 is 0 Å². The van der Waals surface area contributed by atoms with Crippen molar-refractivity contribution in [3.8, 4) is 0 Å². The van der Waals surface area contributed by atoms with E-state index in [0.29, 0.717) is 12.5 Å². The Labute approximate surface area is 95.4 Å². The molecule has 0 aromatic heterocycles. The number of esters is 1. The molecule has 16 heavy (non-hydrogen) atoms. The Kier molecular flexibility index (Phi) is 4.96. The highest BCUT2D eigenvalue weighted by molar-refractivity contribution is 5.72. The van der Waals surface area contributed by atoms with Crippen molar-refractivity contribution >= 4 is 5.97 Å². The Bertz CT molecular complexity index is 330. The summed E-state index contributed by atoms with van der Waals surface area (Å²) < 4.78 is 17.7. The van der Waals surface area contributed by atoms with E-state index in [0.717, 1.165) is 12.0 Å². The number of halogens is 1. The average molecular weight is 224 g/mol. The monoisotopic (exact) mass is 224 g/mol. The zero-order chi connectivity index (χ0) is 12.0. The average Bonchev–Trinajstić information content (AvgIpc) is 2.21. The molecule has 0 aliphatic heterocycles. The van der Waals surface area contributed by atoms with E-state index in [1.165, 1.54) is 12.1 Å². The van der Waals surface area contributed by atoms with Gasteiger partial charge in [-0.15, -0.1) is 0 Å². The molecule has 0 heterocycles. The molecule has 0 amide bonds. The first-order valence-electron chi connectivity index (χ1n) is 5.48. The Balaban J connectivity index is 2.31. The van der Waals surface area contributed by atoms with E-state index in [-0.39, 0.29) is 18.2 Å². The fraction of sp³-hybridized carbons (Fsp3) is 0.462. The first-order chi connectivity index (χ1) is 7.58. The van der Waals surface area contributed by atoms with Crippen LogP contribution in [0.2, 0.25) is 0 Å². The molecule has 1 aromatic carbocycles. The van der Waals surface area contributed by atoms with Gasteiger partial charge in [0.2, 0.25) is 0 Å². The summed E-state index contributed by atoms with van der Waals surface area (Å²) in [5, 5.41) is 0. The van der Waals surface area contributed by atoms with Crippen LogP contribution in [0.15, 0.2) is 24.3 Å². The predicted molar refractivity (Wildman–Crippen MR) is 60.5 cm³/mol. The fourth-order valence-corrected chi connectivity index (χ4v) is 1.23.